The van der Waals surface area contributed by atoms with Gasteiger partial charge in [-0.2, -0.15) is 0 Å². The minimum absolute atomic E-state index is 0.127. The zero-order valence-corrected chi connectivity index (χ0v) is 16.2. The molecule has 2 amide bonds. The van der Waals surface area contributed by atoms with Crippen LogP contribution in [0.2, 0.25) is 0 Å². The van der Waals surface area contributed by atoms with Gasteiger partial charge in [0.25, 0.3) is 0 Å². The Labute approximate surface area is 161 Å². The maximum absolute atomic E-state index is 13.0. The molecule has 1 aliphatic rings. The Morgan fingerprint density at radius 2 is 1.85 bits per heavy atom. The minimum atomic E-state index is -0.602. The average Bonchev–Trinajstić information content (AvgIpc) is 3.08. The highest BCUT2D eigenvalue weighted by Crippen LogP contribution is 2.33. The van der Waals surface area contributed by atoms with Crippen molar-refractivity contribution in [2.75, 3.05) is 13.7 Å². The number of hydrogen-bond acceptors (Lipinski definition) is 4. The number of nitrogens with zero attached hydrogens (tertiary/aromatic N) is 1. The first kappa shape index (κ1) is 18.5. The van der Waals surface area contributed by atoms with Gasteiger partial charge in [0, 0.05) is 5.92 Å². The lowest BCUT2D eigenvalue weighted by molar-refractivity contribution is -0.128. The van der Waals surface area contributed by atoms with Crippen LogP contribution in [-0.4, -0.2) is 35.4 Å². The third kappa shape index (κ3) is 3.60. The molecular formula is C20H20BrNO4. The number of cyclic esters (lactones) is 1. The predicted molar refractivity (Wildman–Crippen MR) is 102 cm³/mol. The van der Waals surface area contributed by atoms with E-state index in [0.29, 0.717) is 0 Å². The number of carbonyl (C=O) groups excluding carboxylic acids is 2. The highest BCUT2D eigenvalue weighted by atomic mass is 79.9. The predicted octanol–water partition coefficient (Wildman–Crippen LogP) is 4.28. The number of ether oxygens (including phenoxy) is 2. The summed E-state index contributed by atoms with van der Waals surface area (Å²) in [6.07, 6.45) is -0.602. The minimum Gasteiger partial charge on any atom is -0.497 e. The van der Waals surface area contributed by atoms with Crippen molar-refractivity contribution in [3.05, 3.63) is 65.7 Å². The van der Waals surface area contributed by atoms with Crippen molar-refractivity contribution >= 4 is 27.9 Å². The van der Waals surface area contributed by atoms with E-state index in [1.807, 2.05) is 61.5 Å². The summed E-state index contributed by atoms with van der Waals surface area (Å²) in [5.74, 6) is 0.327. The summed E-state index contributed by atoms with van der Waals surface area (Å²) in [6, 6.07) is 16.6. The van der Waals surface area contributed by atoms with Crippen LogP contribution in [0.5, 0.6) is 5.75 Å². The maximum Gasteiger partial charge on any atom is 0.417 e. The van der Waals surface area contributed by atoms with E-state index in [-0.39, 0.29) is 18.4 Å². The second-order valence-corrected chi connectivity index (χ2v) is 7.16. The lowest BCUT2D eigenvalue weighted by atomic mass is 9.96. The molecule has 1 aliphatic heterocycles. The lowest BCUT2D eigenvalue weighted by Gasteiger charge is -2.25. The standard InChI is InChI=1S/C20H20BrNO4/c1-13(14-8-10-16(25-2)11-9-14)18(21)19(23)22-17(12-26-20(22)24)15-6-4-3-5-7-15/h3-11,13,17-18H,12H2,1-2H3/t13-,17-,18+/m1/s1. The molecule has 26 heavy (non-hydrogen) atoms. The smallest absolute Gasteiger partial charge is 0.417 e. The van der Waals surface area contributed by atoms with E-state index in [2.05, 4.69) is 15.9 Å². The van der Waals surface area contributed by atoms with Crippen LogP contribution >= 0.6 is 15.9 Å². The number of rotatable bonds is 5. The molecule has 1 saturated heterocycles. The molecular weight excluding hydrogens is 398 g/mol. The van der Waals surface area contributed by atoms with Crippen LogP contribution in [0.15, 0.2) is 54.6 Å². The van der Waals surface area contributed by atoms with Gasteiger partial charge in [-0.15, -0.1) is 0 Å². The molecule has 0 bridgehead atoms. The summed E-state index contributed by atoms with van der Waals surface area (Å²) in [5.41, 5.74) is 1.85. The summed E-state index contributed by atoms with van der Waals surface area (Å²) < 4.78 is 10.3. The molecule has 136 valence electrons. The van der Waals surface area contributed by atoms with Crippen molar-refractivity contribution in [1.29, 1.82) is 0 Å². The Morgan fingerprint density at radius 1 is 1.19 bits per heavy atom. The number of hydrogen-bond donors (Lipinski definition) is 0. The molecule has 3 rings (SSSR count). The summed E-state index contributed by atoms with van der Waals surface area (Å²) >= 11 is 3.49. The monoisotopic (exact) mass is 417 g/mol. The van der Waals surface area contributed by atoms with Gasteiger partial charge in [-0.25, -0.2) is 9.69 Å². The van der Waals surface area contributed by atoms with Gasteiger partial charge in [0.05, 0.1) is 7.11 Å². The first-order valence-electron chi connectivity index (χ1n) is 8.35. The highest BCUT2D eigenvalue weighted by molar-refractivity contribution is 9.10. The Bertz CT molecular complexity index is 778. The van der Waals surface area contributed by atoms with E-state index in [1.165, 1.54) is 4.90 Å². The molecule has 1 fully saturated rings. The fourth-order valence-electron chi connectivity index (χ4n) is 3.01. The van der Waals surface area contributed by atoms with Crippen molar-refractivity contribution in [3.8, 4) is 5.75 Å². The Hall–Kier alpha value is -2.34. The van der Waals surface area contributed by atoms with Crippen LogP contribution in [0, 0.1) is 0 Å². The molecule has 0 spiro atoms. The molecule has 2 aromatic rings. The maximum atomic E-state index is 13.0. The van der Waals surface area contributed by atoms with Gasteiger partial charge in [-0.3, -0.25) is 4.79 Å². The van der Waals surface area contributed by atoms with Crippen LogP contribution in [0.25, 0.3) is 0 Å². The van der Waals surface area contributed by atoms with Crippen molar-refractivity contribution in [2.45, 2.75) is 23.7 Å². The number of imide groups is 1. The normalized spacial score (nSPS) is 19.0. The number of amides is 2. The largest absolute Gasteiger partial charge is 0.497 e. The third-order valence-corrected chi connectivity index (χ3v) is 5.80. The van der Waals surface area contributed by atoms with Gasteiger partial charge in [0.1, 0.15) is 23.2 Å². The zero-order chi connectivity index (χ0) is 18.7. The van der Waals surface area contributed by atoms with E-state index in [1.54, 1.807) is 7.11 Å². The van der Waals surface area contributed by atoms with Crippen LogP contribution in [0.1, 0.15) is 30.0 Å². The van der Waals surface area contributed by atoms with Gasteiger partial charge in [0.2, 0.25) is 5.91 Å². The number of halogens is 1. The molecule has 5 nitrogen and oxygen atoms in total. The van der Waals surface area contributed by atoms with Gasteiger partial charge in [0.15, 0.2) is 0 Å². The van der Waals surface area contributed by atoms with E-state index >= 15 is 0 Å². The van der Waals surface area contributed by atoms with Gasteiger partial charge in [-0.1, -0.05) is 65.3 Å². The van der Waals surface area contributed by atoms with Crippen molar-refractivity contribution in [2.24, 2.45) is 0 Å². The Balaban J connectivity index is 1.80. The van der Waals surface area contributed by atoms with E-state index in [9.17, 15) is 9.59 Å². The number of methoxy groups -OCH3 is 1. The lowest BCUT2D eigenvalue weighted by Crippen LogP contribution is -2.40. The first-order valence-corrected chi connectivity index (χ1v) is 9.27. The summed E-state index contributed by atoms with van der Waals surface area (Å²) in [6.45, 7) is 2.11. The van der Waals surface area contributed by atoms with E-state index < -0.39 is 17.0 Å². The Kier molecular flexibility index (Phi) is 5.61. The highest BCUT2D eigenvalue weighted by Gasteiger charge is 2.42. The van der Waals surface area contributed by atoms with E-state index in [0.717, 1.165) is 16.9 Å². The SMILES string of the molecule is COc1ccc([C@@H](C)[C@H](Br)C(=O)N2C(=O)OC[C@@H]2c2ccccc2)cc1. The quantitative estimate of drug-likeness (QED) is 0.681. The van der Waals surface area contributed by atoms with Crippen molar-refractivity contribution in [3.63, 3.8) is 0 Å². The van der Waals surface area contributed by atoms with Crippen LogP contribution in [-0.2, 0) is 9.53 Å². The number of carbonyl (C=O) groups is 2. The first-order chi connectivity index (χ1) is 12.5. The topological polar surface area (TPSA) is 55.8 Å². The number of benzene rings is 2. The second kappa shape index (κ2) is 7.91. The summed E-state index contributed by atoms with van der Waals surface area (Å²) in [5, 5.41) is 0. The van der Waals surface area contributed by atoms with Gasteiger partial charge in [-0.05, 0) is 23.3 Å². The fraction of sp³-hybridized carbons (Fsp3) is 0.300. The molecule has 0 unspecified atom stereocenters. The van der Waals surface area contributed by atoms with Gasteiger partial charge < -0.3 is 9.47 Å². The molecule has 0 saturated carbocycles. The second-order valence-electron chi connectivity index (χ2n) is 6.18. The fourth-order valence-corrected chi connectivity index (χ4v) is 3.53. The summed E-state index contributed by atoms with van der Waals surface area (Å²) in [7, 11) is 1.61. The summed E-state index contributed by atoms with van der Waals surface area (Å²) in [4.78, 5) is 25.9. The van der Waals surface area contributed by atoms with Crippen LogP contribution in [0.3, 0.4) is 0 Å². The van der Waals surface area contributed by atoms with Crippen molar-refractivity contribution < 1.29 is 19.1 Å². The van der Waals surface area contributed by atoms with Crippen LogP contribution in [0.4, 0.5) is 4.79 Å². The average molecular weight is 418 g/mol. The zero-order valence-electron chi connectivity index (χ0n) is 14.6. The molecule has 2 aromatic carbocycles. The number of alkyl halides is 1. The molecule has 1 heterocycles. The van der Waals surface area contributed by atoms with Crippen molar-refractivity contribution in [1.82, 2.24) is 4.90 Å². The third-order valence-electron chi connectivity index (χ3n) is 4.61. The van der Waals surface area contributed by atoms with E-state index in [4.69, 9.17) is 9.47 Å². The molecule has 6 heteroatoms. The molecule has 3 atom stereocenters. The molecule has 0 N–H and O–H groups in total. The molecule has 0 aromatic heterocycles. The van der Waals surface area contributed by atoms with Gasteiger partial charge >= 0.3 is 6.09 Å². The molecule has 0 aliphatic carbocycles. The molecule has 0 radical (unpaired) electrons. The van der Waals surface area contributed by atoms with Crippen LogP contribution < -0.4 is 4.74 Å². The Morgan fingerprint density at radius 3 is 2.46 bits per heavy atom.